The van der Waals surface area contributed by atoms with E-state index in [1.807, 2.05) is 18.2 Å². The van der Waals surface area contributed by atoms with Crippen LogP contribution in [0.5, 0.6) is 0 Å². The van der Waals surface area contributed by atoms with Crippen LogP contribution in [0, 0.1) is 5.92 Å². The number of rotatable bonds is 7. The summed E-state index contributed by atoms with van der Waals surface area (Å²) in [5.41, 5.74) is 1.28. The molecule has 2 N–H and O–H groups in total. The lowest BCUT2D eigenvalue weighted by Crippen LogP contribution is -2.09. The van der Waals surface area contributed by atoms with Crippen LogP contribution in [0.4, 0.5) is 0 Å². The summed E-state index contributed by atoms with van der Waals surface area (Å²) in [6.07, 6.45) is 0.970. The number of H-pyrrole nitrogens is 1. The van der Waals surface area contributed by atoms with Gasteiger partial charge in [0.1, 0.15) is 17.2 Å². The van der Waals surface area contributed by atoms with Crippen LogP contribution >= 0.6 is 11.8 Å². The highest BCUT2D eigenvalue weighted by Crippen LogP contribution is 2.27. The number of nitrogens with zero attached hydrogens (tertiary/aromatic N) is 3. The number of esters is 1. The maximum absolute atomic E-state index is 12.3. The minimum atomic E-state index is -2.97. The lowest BCUT2D eigenvalue weighted by molar-refractivity contribution is -0.133. The molecule has 0 spiro atoms. The predicted octanol–water partition coefficient (Wildman–Crippen LogP) is 2.16. The first-order valence-corrected chi connectivity index (χ1v) is 12.3. The minimum Gasteiger partial charge on any atom is -0.510 e. The second-order valence-electron chi connectivity index (χ2n) is 7.14. The van der Waals surface area contributed by atoms with Gasteiger partial charge in [-0.25, -0.2) is 18.2 Å². The number of carbonyl (C=O) groups is 1. The van der Waals surface area contributed by atoms with Gasteiger partial charge in [-0.2, -0.15) is 0 Å². The number of ether oxygens (including phenoxy) is 1. The first-order valence-electron chi connectivity index (χ1n) is 9.46. The van der Waals surface area contributed by atoms with Crippen molar-refractivity contribution in [1.82, 2.24) is 20.2 Å². The number of aromatic amines is 1. The molecule has 3 heterocycles. The standard InChI is InChI=1S/C19H20N4O6S2/c1-28-18(25)16(17-20-12-4-2-3-5-13(12)21-17)14(24)9-30-19-23-22-15(29-19)8-11-6-7-31(26,27)10-11/h2-5,11,24H,6-10H2,1H3,(H,20,21)/b16-14+. The van der Waals surface area contributed by atoms with Gasteiger partial charge in [0, 0.05) is 6.42 Å². The Morgan fingerprint density at radius 2 is 2.16 bits per heavy atom. The Balaban J connectivity index is 1.48. The molecule has 12 heteroatoms. The van der Waals surface area contributed by atoms with E-state index in [0.717, 1.165) is 17.3 Å². The summed E-state index contributed by atoms with van der Waals surface area (Å²) in [7, 11) is -1.75. The molecule has 0 amide bonds. The summed E-state index contributed by atoms with van der Waals surface area (Å²) in [5.74, 6) is -0.191. The molecule has 164 valence electrons. The van der Waals surface area contributed by atoms with E-state index in [1.54, 1.807) is 6.07 Å². The zero-order chi connectivity index (χ0) is 22.0. The Labute approximate surface area is 182 Å². The van der Waals surface area contributed by atoms with Gasteiger partial charge in [0.05, 0.1) is 35.4 Å². The number of hydrogen-bond donors (Lipinski definition) is 2. The van der Waals surface area contributed by atoms with Gasteiger partial charge in [-0.3, -0.25) is 0 Å². The van der Waals surface area contributed by atoms with Crippen LogP contribution < -0.4 is 0 Å². The highest BCUT2D eigenvalue weighted by molar-refractivity contribution is 7.99. The fourth-order valence-corrected chi connectivity index (χ4v) is 5.91. The van der Waals surface area contributed by atoms with E-state index in [2.05, 4.69) is 20.2 Å². The summed E-state index contributed by atoms with van der Waals surface area (Å²) in [6, 6.07) is 7.24. The smallest absolute Gasteiger partial charge is 0.345 e. The van der Waals surface area contributed by atoms with Crippen molar-refractivity contribution in [1.29, 1.82) is 0 Å². The van der Waals surface area contributed by atoms with Gasteiger partial charge in [0.15, 0.2) is 9.84 Å². The summed E-state index contributed by atoms with van der Waals surface area (Å²) >= 11 is 1.05. The van der Waals surface area contributed by atoms with Crippen molar-refractivity contribution in [3.05, 3.63) is 41.7 Å². The molecule has 1 saturated heterocycles. The van der Waals surface area contributed by atoms with E-state index in [1.165, 1.54) is 7.11 Å². The number of benzene rings is 1. The number of nitrogens with one attached hydrogen (secondary N) is 1. The van der Waals surface area contributed by atoms with Crippen LogP contribution in [0.15, 0.2) is 39.7 Å². The molecule has 1 atom stereocenters. The van der Waals surface area contributed by atoms with Gasteiger partial charge in [-0.05, 0) is 24.5 Å². The highest BCUT2D eigenvalue weighted by Gasteiger charge is 2.29. The van der Waals surface area contributed by atoms with Crippen molar-refractivity contribution in [2.24, 2.45) is 5.92 Å². The van der Waals surface area contributed by atoms with Crippen LogP contribution in [-0.4, -0.2) is 64.0 Å². The molecular weight excluding hydrogens is 444 g/mol. The zero-order valence-electron chi connectivity index (χ0n) is 16.6. The Bertz CT molecular complexity index is 1210. The molecule has 1 fully saturated rings. The number of sulfone groups is 1. The Morgan fingerprint density at radius 1 is 1.35 bits per heavy atom. The van der Waals surface area contributed by atoms with Gasteiger partial charge >= 0.3 is 5.97 Å². The third kappa shape index (κ3) is 4.90. The SMILES string of the molecule is COC(=O)/C(=C(/O)CSc1nnc(CC2CCS(=O)(=O)C2)o1)c1nc2ccccc2[nH]1. The lowest BCUT2D eigenvalue weighted by atomic mass is 10.1. The van der Waals surface area contributed by atoms with Gasteiger partial charge in [-0.1, -0.05) is 23.9 Å². The second-order valence-corrected chi connectivity index (χ2v) is 10.3. The van der Waals surface area contributed by atoms with E-state index in [0.29, 0.717) is 24.2 Å². The number of imidazole rings is 1. The summed E-state index contributed by atoms with van der Waals surface area (Å²) in [4.78, 5) is 19.6. The maximum atomic E-state index is 12.3. The Morgan fingerprint density at radius 3 is 2.87 bits per heavy atom. The average Bonchev–Trinajstić information content (AvgIpc) is 3.44. The van der Waals surface area contributed by atoms with Crippen molar-refractivity contribution in [3.63, 3.8) is 0 Å². The topological polar surface area (TPSA) is 148 Å². The molecule has 1 aliphatic rings. The van der Waals surface area contributed by atoms with Crippen LogP contribution in [0.25, 0.3) is 16.6 Å². The van der Waals surface area contributed by atoms with Crippen molar-refractivity contribution < 1.29 is 27.5 Å². The molecule has 0 aliphatic carbocycles. The number of aliphatic hydroxyl groups excluding tert-OH is 1. The van der Waals surface area contributed by atoms with Crippen LogP contribution in [0.1, 0.15) is 18.1 Å². The highest BCUT2D eigenvalue weighted by atomic mass is 32.2. The third-order valence-corrected chi connectivity index (χ3v) is 7.54. The fourth-order valence-electron chi connectivity index (χ4n) is 3.39. The molecule has 0 saturated carbocycles. The zero-order valence-corrected chi connectivity index (χ0v) is 18.2. The minimum absolute atomic E-state index is 0.0269. The summed E-state index contributed by atoms with van der Waals surface area (Å²) in [6.45, 7) is 0. The molecule has 10 nitrogen and oxygen atoms in total. The molecule has 0 radical (unpaired) electrons. The molecule has 0 bridgehead atoms. The van der Waals surface area contributed by atoms with Crippen LogP contribution in [-0.2, 0) is 25.8 Å². The van der Waals surface area contributed by atoms with E-state index in [4.69, 9.17) is 9.15 Å². The Hall–Kier alpha value is -2.86. The summed E-state index contributed by atoms with van der Waals surface area (Å²) < 4.78 is 33.5. The number of thioether (sulfide) groups is 1. The van der Waals surface area contributed by atoms with E-state index < -0.39 is 15.8 Å². The largest absolute Gasteiger partial charge is 0.510 e. The lowest BCUT2D eigenvalue weighted by Gasteiger charge is -2.06. The number of fused-ring (bicyclic) bond motifs is 1. The molecule has 1 aromatic carbocycles. The van der Waals surface area contributed by atoms with Gasteiger partial charge in [0.25, 0.3) is 5.22 Å². The molecule has 1 aliphatic heterocycles. The number of aliphatic hydroxyl groups is 1. The van der Waals surface area contributed by atoms with Crippen LogP contribution in [0.3, 0.4) is 0 Å². The van der Waals surface area contributed by atoms with Crippen molar-refractivity contribution in [2.45, 2.75) is 18.1 Å². The maximum Gasteiger partial charge on any atom is 0.345 e. The van der Waals surface area contributed by atoms with Crippen molar-refractivity contribution >= 4 is 44.2 Å². The quantitative estimate of drug-likeness (QED) is 0.230. The normalized spacial score (nSPS) is 18.8. The van der Waals surface area contributed by atoms with E-state index >= 15 is 0 Å². The number of para-hydroxylation sites is 2. The molecule has 2 aromatic heterocycles. The van der Waals surface area contributed by atoms with Crippen LogP contribution in [0.2, 0.25) is 0 Å². The number of aromatic nitrogens is 4. The molecule has 31 heavy (non-hydrogen) atoms. The fraction of sp³-hybridized carbons (Fsp3) is 0.368. The van der Waals surface area contributed by atoms with E-state index in [-0.39, 0.29) is 45.6 Å². The first kappa shape index (κ1) is 21.4. The van der Waals surface area contributed by atoms with Gasteiger partial charge < -0.3 is 19.2 Å². The van der Waals surface area contributed by atoms with Crippen molar-refractivity contribution in [3.8, 4) is 0 Å². The molecule has 1 unspecified atom stereocenters. The third-order valence-electron chi connectivity index (χ3n) is 4.87. The number of hydrogen-bond acceptors (Lipinski definition) is 10. The summed E-state index contributed by atoms with van der Waals surface area (Å²) in [5, 5.41) is 18.7. The first-order chi connectivity index (χ1) is 14.8. The van der Waals surface area contributed by atoms with E-state index in [9.17, 15) is 18.3 Å². The second kappa shape index (κ2) is 8.71. The number of methoxy groups -OCH3 is 1. The van der Waals surface area contributed by atoms with Crippen molar-refractivity contribution in [2.75, 3.05) is 24.4 Å². The molecule has 4 rings (SSSR count). The predicted molar refractivity (Wildman–Crippen MR) is 113 cm³/mol. The molecule has 3 aromatic rings. The molecular formula is C19H20N4O6S2. The monoisotopic (exact) mass is 464 g/mol. The van der Waals surface area contributed by atoms with Gasteiger partial charge in [0.2, 0.25) is 5.89 Å². The number of carbonyl (C=O) groups excluding carboxylic acids is 1. The van der Waals surface area contributed by atoms with Gasteiger partial charge in [-0.15, -0.1) is 10.2 Å². The average molecular weight is 465 g/mol. The Kier molecular flexibility index (Phi) is 6.01.